The molecule has 0 saturated heterocycles. The van der Waals surface area contributed by atoms with Gasteiger partial charge in [-0.2, -0.15) is 0 Å². The van der Waals surface area contributed by atoms with Gasteiger partial charge in [0.1, 0.15) is 0 Å². The number of thiophene rings is 1. The van der Waals surface area contributed by atoms with Crippen LogP contribution in [0.15, 0.2) is 61.2 Å². The Morgan fingerprint density at radius 3 is 2.71 bits per heavy atom. The third-order valence-electron chi connectivity index (χ3n) is 3.15. The van der Waals surface area contributed by atoms with Crippen molar-refractivity contribution in [2.24, 2.45) is 0 Å². The number of hydrogen-bond acceptors (Lipinski definition) is 4. The molecule has 1 heterocycles. The Morgan fingerprint density at radius 2 is 2.00 bits per heavy atom. The summed E-state index contributed by atoms with van der Waals surface area (Å²) in [6.07, 6.45) is 3.74. The van der Waals surface area contributed by atoms with Gasteiger partial charge in [0, 0.05) is 22.4 Å². The summed E-state index contributed by atoms with van der Waals surface area (Å²) in [6.45, 7) is 5.38. The highest BCUT2D eigenvalue weighted by molar-refractivity contribution is 7.16. The van der Waals surface area contributed by atoms with E-state index in [9.17, 15) is 9.59 Å². The number of benzene rings is 1. The molecule has 24 heavy (non-hydrogen) atoms. The third-order valence-corrected chi connectivity index (χ3v) is 4.25. The first kappa shape index (κ1) is 17.7. The first-order chi connectivity index (χ1) is 11.6. The zero-order valence-corrected chi connectivity index (χ0v) is 14.2. The topological polar surface area (TPSA) is 55.4 Å². The predicted octanol–water partition coefficient (Wildman–Crippen LogP) is 3.66. The Balaban J connectivity index is 1.91. The molecule has 0 aliphatic rings. The number of carbonyl (C=O) groups is 2. The molecule has 0 unspecified atom stereocenters. The molecule has 2 rings (SSSR count). The van der Waals surface area contributed by atoms with Crippen LogP contribution >= 0.6 is 11.3 Å². The van der Waals surface area contributed by atoms with E-state index in [1.54, 1.807) is 23.5 Å². The Kier molecular flexibility index (Phi) is 6.51. The molecule has 1 atom stereocenters. The first-order valence-corrected chi connectivity index (χ1v) is 8.34. The molecule has 1 aromatic carbocycles. The highest BCUT2D eigenvalue weighted by Gasteiger charge is 2.15. The number of amides is 1. The summed E-state index contributed by atoms with van der Waals surface area (Å²) >= 11 is 1.58. The van der Waals surface area contributed by atoms with Gasteiger partial charge in [-0.1, -0.05) is 36.4 Å². The van der Waals surface area contributed by atoms with Crippen LogP contribution in [0.1, 0.15) is 11.8 Å². The minimum atomic E-state index is -0.842. The summed E-state index contributed by atoms with van der Waals surface area (Å²) in [5.74, 6) is -0.898. The SMILES string of the molecule is C=CCNC(=O)[C@@H](C)OC(=O)/C=C/c1ccc(-c2ccccc2)s1. The number of nitrogens with one attached hydrogen (secondary N) is 1. The normalized spacial score (nSPS) is 11.9. The summed E-state index contributed by atoms with van der Waals surface area (Å²) in [7, 11) is 0. The van der Waals surface area contributed by atoms with Crippen LogP contribution in [0.5, 0.6) is 0 Å². The Labute approximate surface area is 145 Å². The van der Waals surface area contributed by atoms with Crippen molar-refractivity contribution in [3.63, 3.8) is 0 Å². The lowest BCUT2D eigenvalue weighted by Crippen LogP contribution is -2.35. The molecule has 0 saturated carbocycles. The molecule has 2 aromatic rings. The first-order valence-electron chi connectivity index (χ1n) is 7.52. The molecule has 0 bridgehead atoms. The molecule has 1 amide bonds. The van der Waals surface area contributed by atoms with Crippen LogP contribution in [0.25, 0.3) is 16.5 Å². The van der Waals surface area contributed by atoms with E-state index in [0.717, 1.165) is 15.3 Å². The molecule has 0 aliphatic heterocycles. The zero-order valence-electron chi connectivity index (χ0n) is 13.4. The van der Waals surface area contributed by atoms with Crippen LogP contribution < -0.4 is 5.32 Å². The summed E-state index contributed by atoms with van der Waals surface area (Å²) in [5.41, 5.74) is 1.14. The van der Waals surface area contributed by atoms with Gasteiger partial charge in [-0.05, 0) is 30.7 Å². The molecule has 124 valence electrons. The Bertz CT molecular complexity index is 734. The van der Waals surface area contributed by atoms with E-state index >= 15 is 0 Å². The van der Waals surface area contributed by atoms with E-state index < -0.39 is 12.1 Å². The van der Waals surface area contributed by atoms with Gasteiger partial charge in [0.2, 0.25) is 0 Å². The van der Waals surface area contributed by atoms with Crippen molar-refractivity contribution < 1.29 is 14.3 Å². The second-order valence-corrected chi connectivity index (χ2v) is 6.13. The lowest BCUT2D eigenvalue weighted by Gasteiger charge is -2.10. The molecule has 0 aliphatic carbocycles. The molecule has 4 nitrogen and oxygen atoms in total. The van der Waals surface area contributed by atoms with Gasteiger partial charge in [-0.15, -0.1) is 17.9 Å². The fraction of sp³-hybridized carbons (Fsp3) is 0.158. The molecule has 0 fully saturated rings. The van der Waals surface area contributed by atoms with E-state index in [1.165, 1.54) is 13.0 Å². The highest BCUT2D eigenvalue weighted by Crippen LogP contribution is 2.28. The lowest BCUT2D eigenvalue weighted by atomic mass is 10.2. The summed E-state index contributed by atoms with van der Waals surface area (Å²) in [4.78, 5) is 25.5. The van der Waals surface area contributed by atoms with Gasteiger partial charge in [0.15, 0.2) is 6.10 Å². The van der Waals surface area contributed by atoms with Gasteiger partial charge >= 0.3 is 5.97 Å². The molecule has 5 heteroatoms. The fourth-order valence-electron chi connectivity index (χ4n) is 1.93. The standard InChI is InChI=1S/C19H19NO3S/c1-3-13-20-19(22)14(2)23-18(21)12-10-16-9-11-17(24-16)15-7-5-4-6-8-15/h3-12,14H,1,13H2,2H3,(H,20,22)/b12-10+/t14-/m1/s1. The van der Waals surface area contributed by atoms with Crippen LogP contribution in [0.2, 0.25) is 0 Å². The van der Waals surface area contributed by atoms with Crippen molar-refractivity contribution in [3.05, 3.63) is 66.1 Å². The van der Waals surface area contributed by atoms with Crippen molar-refractivity contribution in [1.82, 2.24) is 5.32 Å². The Hall–Kier alpha value is -2.66. The molecule has 0 spiro atoms. The molecule has 0 radical (unpaired) electrons. The largest absolute Gasteiger partial charge is 0.449 e. The molecular formula is C19H19NO3S. The number of hydrogen-bond donors (Lipinski definition) is 1. The number of ether oxygens (including phenoxy) is 1. The highest BCUT2D eigenvalue weighted by atomic mass is 32.1. The minimum absolute atomic E-state index is 0.341. The van der Waals surface area contributed by atoms with E-state index in [4.69, 9.17) is 4.74 Å². The molecular weight excluding hydrogens is 322 g/mol. The third kappa shape index (κ3) is 5.21. The second kappa shape index (κ2) is 8.84. The van der Waals surface area contributed by atoms with Crippen LogP contribution in [0.3, 0.4) is 0 Å². The van der Waals surface area contributed by atoms with E-state index in [1.807, 2.05) is 42.5 Å². The average molecular weight is 341 g/mol. The van der Waals surface area contributed by atoms with Crippen molar-refractivity contribution in [2.45, 2.75) is 13.0 Å². The minimum Gasteiger partial charge on any atom is -0.449 e. The zero-order chi connectivity index (χ0) is 17.4. The summed E-state index contributed by atoms with van der Waals surface area (Å²) < 4.78 is 5.05. The Morgan fingerprint density at radius 1 is 1.25 bits per heavy atom. The average Bonchev–Trinajstić information content (AvgIpc) is 3.07. The fourth-order valence-corrected chi connectivity index (χ4v) is 2.85. The van der Waals surface area contributed by atoms with Gasteiger partial charge in [0.25, 0.3) is 5.91 Å². The second-order valence-electron chi connectivity index (χ2n) is 5.01. The van der Waals surface area contributed by atoms with E-state index in [2.05, 4.69) is 11.9 Å². The maximum absolute atomic E-state index is 11.8. The van der Waals surface area contributed by atoms with Crippen LogP contribution in [-0.4, -0.2) is 24.5 Å². The summed E-state index contributed by atoms with van der Waals surface area (Å²) in [5, 5.41) is 2.58. The maximum atomic E-state index is 11.8. The van der Waals surface area contributed by atoms with Crippen molar-refractivity contribution in [2.75, 3.05) is 6.54 Å². The number of esters is 1. The monoisotopic (exact) mass is 341 g/mol. The number of carbonyl (C=O) groups excluding carboxylic acids is 2. The van der Waals surface area contributed by atoms with Gasteiger partial charge < -0.3 is 10.1 Å². The predicted molar refractivity (Wildman–Crippen MR) is 97.5 cm³/mol. The smallest absolute Gasteiger partial charge is 0.331 e. The quantitative estimate of drug-likeness (QED) is 0.475. The lowest BCUT2D eigenvalue weighted by molar-refractivity contribution is -0.150. The van der Waals surface area contributed by atoms with Gasteiger partial charge in [0.05, 0.1) is 0 Å². The van der Waals surface area contributed by atoms with Gasteiger partial charge in [-0.3, -0.25) is 4.79 Å². The maximum Gasteiger partial charge on any atom is 0.331 e. The van der Waals surface area contributed by atoms with Crippen molar-refractivity contribution >= 4 is 29.3 Å². The van der Waals surface area contributed by atoms with E-state index in [0.29, 0.717) is 6.54 Å². The van der Waals surface area contributed by atoms with Crippen LogP contribution in [0.4, 0.5) is 0 Å². The van der Waals surface area contributed by atoms with Crippen LogP contribution in [-0.2, 0) is 14.3 Å². The van der Waals surface area contributed by atoms with Crippen molar-refractivity contribution in [1.29, 1.82) is 0 Å². The van der Waals surface area contributed by atoms with Gasteiger partial charge in [-0.25, -0.2) is 4.79 Å². The van der Waals surface area contributed by atoms with Crippen LogP contribution in [0, 0.1) is 0 Å². The molecule has 1 aromatic heterocycles. The number of rotatable bonds is 7. The van der Waals surface area contributed by atoms with Crippen molar-refractivity contribution in [3.8, 4) is 10.4 Å². The molecule has 1 N–H and O–H groups in total. The summed E-state index contributed by atoms with van der Waals surface area (Å²) in [6, 6.07) is 14.0. The van der Waals surface area contributed by atoms with E-state index in [-0.39, 0.29) is 5.91 Å².